The first-order valence-corrected chi connectivity index (χ1v) is 6.74. The Morgan fingerprint density at radius 2 is 2.16 bits per heavy atom. The second-order valence-electron chi connectivity index (χ2n) is 4.03. The van der Waals surface area contributed by atoms with Gasteiger partial charge in [-0.15, -0.1) is 10.6 Å². The summed E-state index contributed by atoms with van der Waals surface area (Å²) in [5.74, 6) is 0.834. The Labute approximate surface area is 119 Å². The number of hydrogen-bond acceptors (Lipinski definition) is 5. The molecule has 0 aliphatic carbocycles. The topological polar surface area (TPSA) is 57.5 Å². The van der Waals surface area contributed by atoms with Crippen LogP contribution in [-0.2, 0) is 0 Å². The lowest BCUT2D eigenvalue weighted by molar-refractivity contribution is 0.308. The van der Waals surface area contributed by atoms with Gasteiger partial charge in [0.2, 0.25) is 0 Å². The van der Waals surface area contributed by atoms with Gasteiger partial charge in [-0.1, -0.05) is 12.1 Å². The van der Waals surface area contributed by atoms with E-state index in [0.717, 1.165) is 28.1 Å². The Morgan fingerprint density at radius 3 is 2.95 bits per heavy atom. The van der Waals surface area contributed by atoms with Gasteiger partial charge in [-0.2, -0.15) is 5.10 Å². The summed E-state index contributed by atoms with van der Waals surface area (Å²) in [4.78, 5) is 0. The predicted octanol–water partition coefficient (Wildman–Crippen LogP) is 1.64. The summed E-state index contributed by atoms with van der Waals surface area (Å²) in [6.07, 6.45) is 3.76. The Balaban J connectivity index is 1.94. The van der Waals surface area contributed by atoms with E-state index in [1.54, 1.807) is 6.20 Å². The predicted molar refractivity (Wildman–Crippen MR) is 76.5 cm³/mol. The van der Waals surface area contributed by atoms with Crippen molar-refractivity contribution in [2.24, 2.45) is 5.10 Å². The lowest BCUT2D eigenvalue weighted by Crippen LogP contribution is -2.40. The highest BCUT2D eigenvalue weighted by atomic mass is 79.9. The zero-order valence-electron chi connectivity index (χ0n) is 10.3. The fraction of sp³-hybridized carbons (Fsp3) is 0.167. The molecule has 6 nitrogen and oxygen atoms in total. The summed E-state index contributed by atoms with van der Waals surface area (Å²) in [6.45, 7) is 2.86. The van der Waals surface area contributed by atoms with Gasteiger partial charge in [-0.3, -0.25) is 5.01 Å². The molecule has 0 fully saturated rings. The van der Waals surface area contributed by atoms with E-state index in [1.165, 1.54) is 0 Å². The fourth-order valence-electron chi connectivity index (χ4n) is 1.91. The van der Waals surface area contributed by atoms with Gasteiger partial charge >= 0.3 is 0 Å². The normalized spacial score (nSPS) is 14.4. The maximum Gasteiger partial charge on any atom is 0.176 e. The van der Waals surface area contributed by atoms with Crippen LogP contribution in [0, 0.1) is 0 Å². The highest BCUT2D eigenvalue weighted by molar-refractivity contribution is 9.10. The number of hydrazone groups is 1. The minimum Gasteiger partial charge on any atom is -0.271 e. The molecule has 3 rings (SSSR count). The lowest BCUT2D eigenvalue weighted by atomic mass is 10.3. The van der Waals surface area contributed by atoms with Crippen molar-refractivity contribution < 1.29 is 0 Å². The van der Waals surface area contributed by atoms with Crippen molar-refractivity contribution in [1.29, 1.82) is 0 Å². The third kappa shape index (κ3) is 2.22. The summed E-state index contributed by atoms with van der Waals surface area (Å²) in [5.41, 5.74) is 7.65. The average molecular weight is 321 g/mol. The van der Waals surface area contributed by atoms with Gasteiger partial charge in [0.1, 0.15) is 0 Å². The summed E-state index contributed by atoms with van der Waals surface area (Å²) in [6, 6.07) is 7.96. The molecule has 0 atom stereocenters. The van der Waals surface area contributed by atoms with Gasteiger partial charge in [0.25, 0.3) is 0 Å². The highest BCUT2D eigenvalue weighted by Crippen LogP contribution is 2.20. The Kier molecular flexibility index (Phi) is 3.22. The molecule has 1 aromatic carbocycles. The molecule has 7 heteroatoms. The Morgan fingerprint density at radius 1 is 1.32 bits per heavy atom. The van der Waals surface area contributed by atoms with E-state index in [-0.39, 0.29) is 0 Å². The molecule has 98 valence electrons. The molecule has 19 heavy (non-hydrogen) atoms. The van der Waals surface area contributed by atoms with Crippen molar-refractivity contribution >= 4 is 21.8 Å². The highest BCUT2D eigenvalue weighted by Gasteiger charge is 2.18. The second-order valence-corrected chi connectivity index (χ2v) is 4.88. The number of hydrazine groups is 2. The first kappa shape index (κ1) is 12.2. The molecule has 0 unspecified atom stereocenters. The van der Waals surface area contributed by atoms with E-state index in [1.807, 2.05) is 47.1 Å². The smallest absolute Gasteiger partial charge is 0.176 e. The molecule has 1 aliphatic heterocycles. The van der Waals surface area contributed by atoms with Crippen molar-refractivity contribution in [3.63, 3.8) is 0 Å². The summed E-state index contributed by atoms with van der Waals surface area (Å²) < 4.78 is 2.83. The van der Waals surface area contributed by atoms with Crippen LogP contribution < -0.4 is 11.1 Å². The van der Waals surface area contributed by atoms with Gasteiger partial charge in [-0.25, -0.2) is 10.2 Å². The molecule has 1 aliphatic rings. The Bertz CT molecular complexity index is 620. The van der Waals surface area contributed by atoms with Crippen LogP contribution in [0.25, 0.3) is 5.69 Å². The zero-order chi connectivity index (χ0) is 13.2. The minimum atomic E-state index is 0.812. The van der Waals surface area contributed by atoms with E-state index in [9.17, 15) is 0 Å². The van der Waals surface area contributed by atoms with Crippen molar-refractivity contribution in [2.75, 3.05) is 6.54 Å². The first-order chi connectivity index (χ1) is 9.29. The number of para-hydroxylation sites is 1. The van der Waals surface area contributed by atoms with E-state index < -0.39 is 0 Å². The number of nitrogens with zero attached hydrogens (tertiary/aromatic N) is 4. The van der Waals surface area contributed by atoms with Gasteiger partial charge < -0.3 is 0 Å². The third-order valence-electron chi connectivity index (χ3n) is 2.86. The number of benzene rings is 1. The number of amidine groups is 1. The van der Waals surface area contributed by atoms with Crippen molar-refractivity contribution in [3.8, 4) is 5.69 Å². The molecule has 2 aromatic rings. The van der Waals surface area contributed by atoms with Gasteiger partial charge in [0.05, 0.1) is 17.4 Å². The SMILES string of the molecule is CCN1NNN=C1c1cnn(-c2ccccc2Br)c1. The largest absolute Gasteiger partial charge is 0.271 e. The molecule has 0 radical (unpaired) electrons. The van der Waals surface area contributed by atoms with E-state index >= 15 is 0 Å². The molecule has 0 saturated carbocycles. The van der Waals surface area contributed by atoms with Crippen LogP contribution in [0.5, 0.6) is 0 Å². The average Bonchev–Trinajstić information content (AvgIpc) is 3.07. The van der Waals surface area contributed by atoms with Crippen LogP contribution in [0.4, 0.5) is 0 Å². The number of aromatic nitrogens is 2. The maximum atomic E-state index is 4.38. The van der Waals surface area contributed by atoms with Gasteiger partial charge in [0, 0.05) is 17.2 Å². The zero-order valence-corrected chi connectivity index (χ0v) is 11.9. The number of nitrogens with one attached hydrogen (secondary N) is 2. The van der Waals surface area contributed by atoms with Crippen molar-refractivity contribution in [3.05, 3.63) is 46.7 Å². The molecule has 0 amide bonds. The monoisotopic (exact) mass is 320 g/mol. The molecule has 0 spiro atoms. The molecule has 1 aromatic heterocycles. The van der Waals surface area contributed by atoms with Crippen LogP contribution in [0.2, 0.25) is 0 Å². The molecular formula is C12H13BrN6. The summed E-state index contributed by atoms with van der Waals surface area (Å²) >= 11 is 3.53. The van der Waals surface area contributed by atoms with E-state index in [0.29, 0.717) is 0 Å². The van der Waals surface area contributed by atoms with Crippen molar-refractivity contribution in [2.45, 2.75) is 6.92 Å². The fourth-order valence-corrected chi connectivity index (χ4v) is 2.37. The number of halogens is 1. The van der Waals surface area contributed by atoms with E-state index in [4.69, 9.17) is 0 Å². The van der Waals surface area contributed by atoms with E-state index in [2.05, 4.69) is 37.2 Å². The van der Waals surface area contributed by atoms with Crippen molar-refractivity contribution in [1.82, 2.24) is 25.9 Å². The molecule has 2 N–H and O–H groups in total. The van der Waals surface area contributed by atoms with Gasteiger partial charge in [0.15, 0.2) is 5.84 Å². The quantitative estimate of drug-likeness (QED) is 0.902. The number of hydrogen-bond donors (Lipinski definition) is 2. The molecular weight excluding hydrogens is 308 g/mol. The first-order valence-electron chi connectivity index (χ1n) is 5.95. The molecule has 0 bridgehead atoms. The maximum absolute atomic E-state index is 4.38. The van der Waals surface area contributed by atoms with Crippen LogP contribution in [-0.4, -0.2) is 27.2 Å². The van der Waals surface area contributed by atoms with Crippen LogP contribution in [0.1, 0.15) is 12.5 Å². The standard InChI is InChI=1S/C12H13BrN6/c1-2-18-12(15-16-17-18)9-7-14-19(8-9)11-6-4-3-5-10(11)13/h3-8,16-17H,2H2,1H3. The van der Waals surface area contributed by atoms with Gasteiger partial charge in [-0.05, 0) is 35.0 Å². The Hall–Kier alpha value is -1.86. The third-order valence-corrected chi connectivity index (χ3v) is 3.53. The summed E-state index contributed by atoms with van der Waals surface area (Å²) in [5, 5.41) is 10.5. The number of rotatable bonds is 3. The minimum absolute atomic E-state index is 0.812. The summed E-state index contributed by atoms with van der Waals surface area (Å²) in [7, 11) is 0. The second kappa shape index (κ2) is 5.02. The molecule has 2 heterocycles. The lowest BCUT2D eigenvalue weighted by Gasteiger charge is -2.14. The van der Waals surface area contributed by atoms with Crippen LogP contribution in [0.15, 0.2) is 46.2 Å². The van der Waals surface area contributed by atoms with Crippen LogP contribution in [0.3, 0.4) is 0 Å². The van der Waals surface area contributed by atoms with Crippen LogP contribution >= 0.6 is 15.9 Å². The molecule has 0 saturated heterocycles.